The first kappa shape index (κ1) is 12.1. The maximum absolute atomic E-state index is 3.69. The Balaban J connectivity index is 2.41. The monoisotopic (exact) mass is 220 g/mol. The van der Waals surface area contributed by atoms with Gasteiger partial charge in [0.25, 0.3) is 0 Å². The van der Waals surface area contributed by atoms with Gasteiger partial charge in [-0.1, -0.05) is 34.7 Å². The van der Waals surface area contributed by atoms with E-state index in [1.807, 2.05) is 24.3 Å². The highest BCUT2D eigenvalue weighted by Crippen LogP contribution is 2.04. The van der Waals surface area contributed by atoms with E-state index in [0.717, 1.165) is 11.1 Å². The fourth-order valence-electron chi connectivity index (χ4n) is 1.17. The minimum atomic E-state index is 0.680. The van der Waals surface area contributed by atoms with Crippen molar-refractivity contribution in [2.24, 2.45) is 20.7 Å². The summed E-state index contributed by atoms with van der Waals surface area (Å²) >= 11 is 0. The van der Waals surface area contributed by atoms with E-state index in [0.29, 0.717) is 13.1 Å². The molecule has 2 N–H and O–H groups in total. The number of hydrogen-bond acceptors (Lipinski definition) is 4. The summed E-state index contributed by atoms with van der Waals surface area (Å²) in [5, 5.41) is 14.6. The van der Waals surface area contributed by atoms with Crippen LogP contribution in [0, 0.1) is 0 Å². The van der Waals surface area contributed by atoms with Crippen LogP contribution in [0.25, 0.3) is 0 Å². The Morgan fingerprint density at radius 3 is 1.50 bits per heavy atom. The Bertz CT molecular complexity index is 308. The molecule has 0 unspecified atom stereocenters. The van der Waals surface area contributed by atoms with Crippen LogP contribution in [-0.2, 0) is 13.1 Å². The lowest BCUT2D eigenvalue weighted by Gasteiger charge is -2.03. The highest BCUT2D eigenvalue weighted by Gasteiger charge is 1.93. The molecule has 0 aromatic heterocycles. The van der Waals surface area contributed by atoms with E-state index in [-0.39, 0.29) is 0 Å². The first-order valence-corrected chi connectivity index (χ1v) is 4.98. The predicted molar refractivity (Wildman–Crippen MR) is 61.7 cm³/mol. The number of benzene rings is 1. The van der Waals surface area contributed by atoms with Gasteiger partial charge in [0, 0.05) is 0 Å². The molecule has 0 aliphatic rings. The van der Waals surface area contributed by atoms with Crippen molar-refractivity contribution in [3.8, 4) is 0 Å². The van der Waals surface area contributed by atoms with Crippen molar-refractivity contribution in [1.29, 1.82) is 0 Å². The molecular weight excluding hydrogens is 204 g/mol. The second-order valence-electron chi connectivity index (χ2n) is 3.09. The summed E-state index contributed by atoms with van der Waals surface area (Å²) in [5.74, 6) is 0. The van der Waals surface area contributed by atoms with Crippen molar-refractivity contribution >= 4 is 0 Å². The Morgan fingerprint density at radius 2 is 1.19 bits per heavy atom. The SMILES string of the molecule is CN=NNCc1ccc(CNN=NC)cc1. The maximum Gasteiger partial charge on any atom is 0.0596 e. The lowest BCUT2D eigenvalue weighted by molar-refractivity contribution is 0.683. The van der Waals surface area contributed by atoms with Gasteiger partial charge in [0.2, 0.25) is 0 Å². The molecule has 0 fully saturated rings. The molecule has 0 heterocycles. The largest absolute Gasteiger partial charge is 0.287 e. The zero-order valence-electron chi connectivity index (χ0n) is 9.51. The summed E-state index contributed by atoms with van der Waals surface area (Å²) < 4.78 is 0. The summed E-state index contributed by atoms with van der Waals surface area (Å²) in [5.41, 5.74) is 7.99. The fourth-order valence-corrected chi connectivity index (χ4v) is 1.17. The Hall–Kier alpha value is -1.98. The molecule has 0 radical (unpaired) electrons. The van der Waals surface area contributed by atoms with E-state index in [2.05, 4.69) is 31.5 Å². The number of rotatable bonds is 6. The van der Waals surface area contributed by atoms with E-state index in [1.165, 1.54) is 0 Å². The highest BCUT2D eigenvalue weighted by molar-refractivity contribution is 5.22. The van der Waals surface area contributed by atoms with E-state index in [1.54, 1.807) is 14.1 Å². The van der Waals surface area contributed by atoms with Crippen LogP contribution in [0.3, 0.4) is 0 Å². The Kier molecular flexibility index (Phi) is 5.54. The minimum absolute atomic E-state index is 0.680. The van der Waals surface area contributed by atoms with Crippen molar-refractivity contribution in [1.82, 2.24) is 10.9 Å². The van der Waals surface area contributed by atoms with Crippen molar-refractivity contribution in [3.05, 3.63) is 35.4 Å². The molecule has 6 heteroatoms. The first-order valence-electron chi connectivity index (χ1n) is 4.98. The maximum atomic E-state index is 3.69. The van der Waals surface area contributed by atoms with E-state index >= 15 is 0 Å². The van der Waals surface area contributed by atoms with Crippen LogP contribution >= 0.6 is 0 Å². The van der Waals surface area contributed by atoms with Gasteiger partial charge in [0.05, 0.1) is 27.2 Å². The fraction of sp³-hybridized carbons (Fsp3) is 0.400. The van der Waals surface area contributed by atoms with E-state index < -0.39 is 0 Å². The molecule has 0 amide bonds. The summed E-state index contributed by atoms with van der Waals surface area (Å²) in [6, 6.07) is 8.16. The van der Waals surface area contributed by atoms with Gasteiger partial charge in [-0.3, -0.25) is 10.9 Å². The van der Waals surface area contributed by atoms with Crippen molar-refractivity contribution < 1.29 is 0 Å². The smallest absolute Gasteiger partial charge is 0.0596 e. The normalized spacial score (nSPS) is 11.1. The van der Waals surface area contributed by atoms with E-state index in [9.17, 15) is 0 Å². The van der Waals surface area contributed by atoms with Crippen LogP contribution < -0.4 is 10.9 Å². The van der Waals surface area contributed by atoms with Gasteiger partial charge in [-0.05, 0) is 11.1 Å². The third-order valence-electron chi connectivity index (χ3n) is 1.93. The van der Waals surface area contributed by atoms with Crippen molar-refractivity contribution in [2.75, 3.05) is 14.1 Å². The molecule has 1 rings (SSSR count). The van der Waals surface area contributed by atoms with Crippen LogP contribution in [0.2, 0.25) is 0 Å². The average molecular weight is 220 g/mol. The third-order valence-corrected chi connectivity index (χ3v) is 1.93. The molecule has 16 heavy (non-hydrogen) atoms. The van der Waals surface area contributed by atoms with Gasteiger partial charge >= 0.3 is 0 Å². The average Bonchev–Trinajstić information content (AvgIpc) is 2.32. The quantitative estimate of drug-likeness (QED) is 0.567. The summed E-state index contributed by atoms with van der Waals surface area (Å²) in [6.07, 6.45) is 0. The first-order chi connectivity index (χ1) is 7.86. The van der Waals surface area contributed by atoms with Gasteiger partial charge in [0.1, 0.15) is 0 Å². The molecule has 1 aromatic rings. The molecule has 0 saturated carbocycles. The number of nitrogens with zero attached hydrogens (tertiary/aromatic N) is 4. The molecule has 0 saturated heterocycles. The Labute approximate surface area is 94.8 Å². The van der Waals surface area contributed by atoms with Crippen molar-refractivity contribution in [2.45, 2.75) is 13.1 Å². The van der Waals surface area contributed by atoms with Gasteiger partial charge < -0.3 is 0 Å². The van der Waals surface area contributed by atoms with Crippen LogP contribution in [0.5, 0.6) is 0 Å². The lowest BCUT2D eigenvalue weighted by atomic mass is 10.1. The van der Waals surface area contributed by atoms with Crippen LogP contribution in [0.4, 0.5) is 0 Å². The predicted octanol–water partition coefficient (Wildman–Crippen LogP) is 1.86. The molecule has 0 atom stereocenters. The zero-order chi connectivity index (χ0) is 11.6. The zero-order valence-corrected chi connectivity index (χ0v) is 9.51. The van der Waals surface area contributed by atoms with Gasteiger partial charge in [-0.2, -0.15) is 10.2 Å². The summed E-state index contributed by atoms with van der Waals surface area (Å²) in [6.45, 7) is 1.36. The number of nitrogens with one attached hydrogen (secondary N) is 2. The van der Waals surface area contributed by atoms with Gasteiger partial charge in [-0.25, -0.2) is 0 Å². The highest BCUT2D eigenvalue weighted by atomic mass is 15.4. The summed E-state index contributed by atoms with van der Waals surface area (Å²) in [4.78, 5) is 0. The molecule has 6 nitrogen and oxygen atoms in total. The molecule has 0 aliphatic carbocycles. The molecule has 0 bridgehead atoms. The molecular formula is C10H16N6. The molecule has 0 aliphatic heterocycles. The molecule has 86 valence electrons. The number of hydrogen-bond donors (Lipinski definition) is 2. The lowest BCUT2D eigenvalue weighted by Crippen LogP contribution is -2.06. The van der Waals surface area contributed by atoms with Gasteiger partial charge in [-0.15, -0.1) is 0 Å². The van der Waals surface area contributed by atoms with Crippen LogP contribution in [0.15, 0.2) is 44.9 Å². The topological polar surface area (TPSA) is 73.5 Å². The molecule has 1 aromatic carbocycles. The standard InChI is InChI=1S/C10H16N6/c1-11-15-13-7-9-3-5-10(6-4-9)8-14-16-12-2/h3-6H,7-8H2,1-2H3,(H,11,13)(H,12,14). The van der Waals surface area contributed by atoms with Crippen molar-refractivity contribution in [3.63, 3.8) is 0 Å². The summed E-state index contributed by atoms with van der Waals surface area (Å²) in [7, 11) is 3.26. The third kappa shape index (κ3) is 4.50. The van der Waals surface area contributed by atoms with Gasteiger partial charge in [0.15, 0.2) is 0 Å². The van der Waals surface area contributed by atoms with E-state index in [4.69, 9.17) is 0 Å². The minimum Gasteiger partial charge on any atom is -0.287 e. The second kappa shape index (κ2) is 7.33. The Morgan fingerprint density at radius 1 is 0.812 bits per heavy atom. The van der Waals surface area contributed by atoms with Crippen LogP contribution in [0.1, 0.15) is 11.1 Å². The molecule has 0 spiro atoms. The second-order valence-corrected chi connectivity index (χ2v) is 3.09. The van der Waals surface area contributed by atoms with Crippen LogP contribution in [-0.4, -0.2) is 14.1 Å².